The van der Waals surface area contributed by atoms with Crippen molar-refractivity contribution in [3.63, 3.8) is 0 Å². The molecule has 0 saturated heterocycles. The third kappa shape index (κ3) is 3.42. The van der Waals surface area contributed by atoms with Crippen LogP contribution >= 0.6 is 0 Å². The number of ether oxygens (including phenoxy) is 2. The summed E-state index contributed by atoms with van der Waals surface area (Å²) in [5.41, 5.74) is 0.907. The molecule has 5 nitrogen and oxygen atoms in total. The zero-order valence-electron chi connectivity index (χ0n) is 10.9. The summed E-state index contributed by atoms with van der Waals surface area (Å²) in [6.45, 7) is 1.84. The summed E-state index contributed by atoms with van der Waals surface area (Å²) in [6.07, 6.45) is 3.03. The number of esters is 2. The van der Waals surface area contributed by atoms with Gasteiger partial charge in [-0.2, -0.15) is 0 Å². The van der Waals surface area contributed by atoms with Gasteiger partial charge in [0.25, 0.3) is 0 Å². The van der Waals surface area contributed by atoms with Gasteiger partial charge in [0.15, 0.2) is 11.7 Å². The highest BCUT2D eigenvalue weighted by Gasteiger charge is 2.33. The van der Waals surface area contributed by atoms with Crippen molar-refractivity contribution in [3.8, 4) is 0 Å². The standard InChI is InChI=1S/C13H18O5/c1-8-6-10(14)5-4-9(8)7-11(12(15)17-2)13(16)18-3/h6,9,11H,4-5,7H2,1-3H3. The van der Waals surface area contributed by atoms with E-state index in [2.05, 4.69) is 9.47 Å². The summed E-state index contributed by atoms with van der Waals surface area (Å²) in [4.78, 5) is 34.3. The highest BCUT2D eigenvalue weighted by Crippen LogP contribution is 2.29. The molecule has 0 spiro atoms. The predicted octanol–water partition coefficient (Wildman–Crippen LogP) is 1.26. The maximum Gasteiger partial charge on any atom is 0.320 e. The molecule has 1 aliphatic rings. The Balaban J connectivity index is 2.78. The molecule has 0 saturated carbocycles. The lowest BCUT2D eigenvalue weighted by Crippen LogP contribution is -2.30. The van der Waals surface area contributed by atoms with E-state index in [1.165, 1.54) is 14.2 Å². The van der Waals surface area contributed by atoms with Gasteiger partial charge in [0.2, 0.25) is 0 Å². The van der Waals surface area contributed by atoms with Crippen molar-refractivity contribution in [1.29, 1.82) is 0 Å². The zero-order chi connectivity index (χ0) is 13.7. The summed E-state index contributed by atoms with van der Waals surface area (Å²) in [5.74, 6) is -1.96. The van der Waals surface area contributed by atoms with Crippen LogP contribution in [0.25, 0.3) is 0 Å². The molecule has 0 amide bonds. The molecule has 1 aliphatic carbocycles. The molecule has 0 aliphatic heterocycles. The molecular formula is C13H18O5. The summed E-state index contributed by atoms with van der Waals surface area (Å²) < 4.78 is 9.21. The Morgan fingerprint density at radius 3 is 2.33 bits per heavy atom. The Morgan fingerprint density at radius 1 is 1.33 bits per heavy atom. The van der Waals surface area contributed by atoms with Gasteiger partial charge in [-0.15, -0.1) is 0 Å². The van der Waals surface area contributed by atoms with E-state index >= 15 is 0 Å². The van der Waals surface area contributed by atoms with Crippen molar-refractivity contribution in [2.45, 2.75) is 26.2 Å². The van der Waals surface area contributed by atoms with Crippen LogP contribution in [-0.2, 0) is 23.9 Å². The van der Waals surface area contributed by atoms with Gasteiger partial charge in [-0.3, -0.25) is 14.4 Å². The molecule has 1 unspecified atom stereocenters. The SMILES string of the molecule is COC(=O)C(CC1CCC(=O)C=C1C)C(=O)OC. The number of carbonyl (C=O) groups excluding carboxylic acids is 3. The fourth-order valence-corrected chi connectivity index (χ4v) is 2.15. The van der Waals surface area contributed by atoms with Gasteiger partial charge in [0.1, 0.15) is 0 Å². The van der Waals surface area contributed by atoms with E-state index in [1.807, 2.05) is 6.92 Å². The maximum absolute atomic E-state index is 11.5. The van der Waals surface area contributed by atoms with E-state index in [4.69, 9.17) is 0 Å². The summed E-state index contributed by atoms with van der Waals surface area (Å²) in [7, 11) is 2.48. The van der Waals surface area contributed by atoms with E-state index < -0.39 is 17.9 Å². The molecule has 18 heavy (non-hydrogen) atoms. The second-order valence-corrected chi connectivity index (χ2v) is 4.42. The highest BCUT2D eigenvalue weighted by molar-refractivity contribution is 5.95. The number of hydrogen-bond acceptors (Lipinski definition) is 5. The van der Waals surface area contributed by atoms with E-state index in [0.717, 1.165) is 5.57 Å². The van der Waals surface area contributed by atoms with Gasteiger partial charge >= 0.3 is 11.9 Å². The van der Waals surface area contributed by atoms with Gasteiger partial charge in [-0.25, -0.2) is 0 Å². The molecule has 0 heterocycles. The second kappa shape index (κ2) is 6.33. The highest BCUT2D eigenvalue weighted by atomic mass is 16.5. The van der Waals surface area contributed by atoms with Crippen molar-refractivity contribution in [2.24, 2.45) is 11.8 Å². The Labute approximate surface area is 106 Å². The molecule has 1 rings (SSSR count). The van der Waals surface area contributed by atoms with Crippen LogP contribution in [0.3, 0.4) is 0 Å². The summed E-state index contributed by atoms with van der Waals surface area (Å²) >= 11 is 0. The molecule has 0 N–H and O–H groups in total. The lowest BCUT2D eigenvalue weighted by atomic mass is 9.81. The van der Waals surface area contributed by atoms with Crippen molar-refractivity contribution in [2.75, 3.05) is 14.2 Å². The second-order valence-electron chi connectivity index (χ2n) is 4.42. The van der Waals surface area contributed by atoms with Crippen molar-refractivity contribution in [3.05, 3.63) is 11.6 Å². The van der Waals surface area contributed by atoms with E-state index in [9.17, 15) is 14.4 Å². The van der Waals surface area contributed by atoms with Crippen molar-refractivity contribution < 1.29 is 23.9 Å². The zero-order valence-corrected chi connectivity index (χ0v) is 10.9. The van der Waals surface area contributed by atoms with Gasteiger partial charge < -0.3 is 9.47 Å². The third-order valence-corrected chi connectivity index (χ3v) is 3.26. The smallest absolute Gasteiger partial charge is 0.320 e. The first-order valence-corrected chi connectivity index (χ1v) is 5.86. The molecule has 0 fully saturated rings. The van der Waals surface area contributed by atoms with Gasteiger partial charge in [0, 0.05) is 6.42 Å². The van der Waals surface area contributed by atoms with Crippen LogP contribution in [0.4, 0.5) is 0 Å². The Kier molecular flexibility index (Phi) is 5.07. The molecular weight excluding hydrogens is 236 g/mol. The first-order valence-electron chi connectivity index (χ1n) is 5.86. The van der Waals surface area contributed by atoms with E-state index in [0.29, 0.717) is 19.3 Å². The Morgan fingerprint density at radius 2 is 1.89 bits per heavy atom. The van der Waals surface area contributed by atoms with E-state index in [-0.39, 0.29) is 11.7 Å². The monoisotopic (exact) mass is 254 g/mol. The minimum atomic E-state index is -0.915. The van der Waals surface area contributed by atoms with Crippen molar-refractivity contribution in [1.82, 2.24) is 0 Å². The number of methoxy groups -OCH3 is 2. The summed E-state index contributed by atoms with van der Waals surface area (Å²) in [5, 5.41) is 0. The molecule has 0 radical (unpaired) electrons. The first-order chi connectivity index (χ1) is 8.49. The lowest BCUT2D eigenvalue weighted by Gasteiger charge is -2.23. The van der Waals surface area contributed by atoms with Crippen LogP contribution in [0.2, 0.25) is 0 Å². The number of ketones is 1. The fraction of sp³-hybridized carbons (Fsp3) is 0.615. The van der Waals surface area contributed by atoms with Crippen LogP contribution in [-0.4, -0.2) is 31.9 Å². The molecule has 100 valence electrons. The molecule has 0 aromatic rings. The molecule has 0 aromatic heterocycles. The normalized spacial score (nSPS) is 19.4. The third-order valence-electron chi connectivity index (χ3n) is 3.26. The molecule has 0 bridgehead atoms. The first kappa shape index (κ1) is 14.4. The van der Waals surface area contributed by atoms with Gasteiger partial charge in [0.05, 0.1) is 14.2 Å². The average molecular weight is 254 g/mol. The quantitative estimate of drug-likeness (QED) is 0.558. The fourth-order valence-electron chi connectivity index (χ4n) is 2.15. The number of allylic oxidation sites excluding steroid dienone is 2. The minimum absolute atomic E-state index is 0.0471. The Bertz CT molecular complexity index is 367. The average Bonchev–Trinajstić information content (AvgIpc) is 2.36. The van der Waals surface area contributed by atoms with Crippen LogP contribution < -0.4 is 0 Å². The topological polar surface area (TPSA) is 69.7 Å². The van der Waals surface area contributed by atoms with Crippen molar-refractivity contribution >= 4 is 17.7 Å². The number of carbonyl (C=O) groups is 3. The summed E-state index contributed by atoms with van der Waals surface area (Å²) in [6, 6.07) is 0. The van der Waals surface area contributed by atoms with E-state index in [1.54, 1.807) is 6.08 Å². The van der Waals surface area contributed by atoms with Gasteiger partial charge in [-0.1, -0.05) is 5.57 Å². The van der Waals surface area contributed by atoms with Gasteiger partial charge in [-0.05, 0) is 31.8 Å². The minimum Gasteiger partial charge on any atom is -0.468 e. The van der Waals surface area contributed by atoms with Crippen LogP contribution in [0.1, 0.15) is 26.2 Å². The number of rotatable bonds is 4. The van der Waals surface area contributed by atoms with Crippen LogP contribution in [0.15, 0.2) is 11.6 Å². The number of hydrogen-bond donors (Lipinski definition) is 0. The van der Waals surface area contributed by atoms with Crippen LogP contribution in [0.5, 0.6) is 0 Å². The largest absolute Gasteiger partial charge is 0.468 e. The van der Waals surface area contributed by atoms with Crippen LogP contribution in [0, 0.1) is 11.8 Å². The lowest BCUT2D eigenvalue weighted by molar-refractivity contribution is -0.159. The predicted molar refractivity (Wildman–Crippen MR) is 63.6 cm³/mol. The molecule has 1 atom stereocenters. The molecule has 0 aromatic carbocycles. The molecule has 5 heteroatoms. The Hall–Kier alpha value is -1.65. The maximum atomic E-state index is 11.5.